The number of carbonyl (C=O) groups is 1. The molecule has 0 aliphatic rings. The molecule has 1 heterocycles. The van der Waals surface area contributed by atoms with Crippen molar-refractivity contribution in [2.45, 2.75) is 13.3 Å². The predicted molar refractivity (Wildman–Crippen MR) is 46.8 cm³/mol. The first-order valence-electron chi connectivity index (χ1n) is 3.95. The maximum absolute atomic E-state index is 11.0. The van der Waals surface area contributed by atoms with E-state index < -0.39 is 0 Å². The fourth-order valence-electron chi connectivity index (χ4n) is 0.871. The molecule has 0 spiro atoms. The number of nitrogen functional groups attached to an aromatic ring is 1. The standard InChI is InChI=1S/C8H11N3O2/c1-2-13-7(12)5-6-3-4-10-8(9)11-6/h3-4H,2,5H2,1H3,(H2,9,10,11). The lowest BCUT2D eigenvalue weighted by atomic mass is 10.3. The van der Waals surface area contributed by atoms with Crippen LogP contribution in [0.1, 0.15) is 12.6 Å². The summed E-state index contributed by atoms with van der Waals surface area (Å²) in [6.07, 6.45) is 1.65. The van der Waals surface area contributed by atoms with Crippen molar-refractivity contribution >= 4 is 11.9 Å². The van der Waals surface area contributed by atoms with Gasteiger partial charge in [0.25, 0.3) is 0 Å². The van der Waals surface area contributed by atoms with Gasteiger partial charge in [-0.25, -0.2) is 9.97 Å². The minimum atomic E-state index is -0.305. The predicted octanol–water partition coefficient (Wildman–Crippen LogP) is 0.164. The molecule has 1 aromatic heterocycles. The first-order valence-corrected chi connectivity index (χ1v) is 3.95. The summed E-state index contributed by atoms with van der Waals surface area (Å²) in [6.45, 7) is 2.13. The first-order chi connectivity index (χ1) is 6.22. The van der Waals surface area contributed by atoms with Crippen molar-refractivity contribution < 1.29 is 9.53 Å². The van der Waals surface area contributed by atoms with Gasteiger partial charge in [0.05, 0.1) is 18.7 Å². The highest BCUT2D eigenvalue weighted by atomic mass is 16.5. The molecule has 5 nitrogen and oxygen atoms in total. The van der Waals surface area contributed by atoms with Crippen LogP contribution in [0.3, 0.4) is 0 Å². The van der Waals surface area contributed by atoms with Crippen molar-refractivity contribution in [3.8, 4) is 0 Å². The molecule has 1 aromatic rings. The van der Waals surface area contributed by atoms with E-state index in [0.29, 0.717) is 12.3 Å². The third kappa shape index (κ3) is 3.06. The second-order valence-corrected chi connectivity index (χ2v) is 2.39. The molecule has 5 heteroatoms. The Morgan fingerprint density at radius 3 is 3.08 bits per heavy atom. The van der Waals surface area contributed by atoms with Crippen LogP contribution in [0.15, 0.2) is 12.3 Å². The lowest BCUT2D eigenvalue weighted by Gasteiger charge is -2.00. The molecule has 0 aliphatic carbocycles. The molecule has 0 saturated heterocycles. The Kier molecular flexibility index (Phi) is 3.19. The Balaban J connectivity index is 2.58. The van der Waals surface area contributed by atoms with E-state index in [2.05, 4.69) is 9.97 Å². The highest BCUT2D eigenvalue weighted by Crippen LogP contribution is 1.98. The van der Waals surface area contributed by atoms with Crippen molar-refractivity contribution in [3.63, 3.8) is 0 Å². The highest BCUT2D eigenvalue weighted by Gasteiger charge is 2.04. The Labute approximate surface area is 75.9 Å². The van der Waals surface area contributed by atoms with Gasteiger partial charge in [-0.1, -0.05) is 0 Å². The minimum Gasteiger partial charge on any atom is -0.466 e. The minimum absolute atomic E-state index is 0.139. The summed E-state index contributed by atoms with van der Waals surface area (Å²) in [6, 6.07) is 1.63. The zero-order valence-electron chi connectivity index (χ0n) is 7.36. The van der Waals surface area contributed by atoms with Crippen LogP contribution in [0.2, 0.25) is 0 Å². The summed E-state index contributed by atoms with van der Waals surface area (Å²) >= 11 is 0. The summed E-state index contributed by atoms with van der Waals surface area (Å²) in [4.78, 5) is 18.6. The van der Waals surface area contributed by atoms with E-state index in [1.807, 2.05) is 0 Å². The summed E-state index contributed by atoms with van der Waals surface area (Å²) in [7, 11) is 0. The average Bonchev–Trinajstić information content (AvgIpc) is 2.04. The van der Waals surface area contributed by atoms with Crippen molar-refractivity contribution in [1.82, 2.24) is 9.97 Å². The lowest BCUT2D eigenvalue weighted by molar-refractivity contribution is -0.142. The normalized spacial score (nSPS) is 9.62. The van der Waals surface area contributed by atoms with Crippen molar-refractivity contribution in [3.05, 3.63) is 18.0 Å². The number of hydrogen-bond acceptors (Lipinski definition) is 5. The van der Waals surface area contributed by atoms with Gasteiger partial charge in [-0.05, 0) is 13.0 Å². The van der Waals surface area contributed by atoms with Gasteiger partial charge in [-0.3, -0.25) is 4.79 Å². The van der Waals surface area contributed by atoms with E-state index in [1.54, 1.807) is 13.0 Å². The molecule has 0 bridgehead atoms. The van der Waals surface area contributed by atoms with E-state index in [-0.39, 0.29) is 18.3 Å². The molecule has 0 radical (unpaired) electrons. The third-order valence-electron chi connectivity index (χ3n) is 1.36. The zero-order chi connectivity index (χ0) is 9.68. The number of hydrogen-bond donors (Lipinski definition) is 1. The number of nitrogens with zero attached hydrogens (tertiary/aromatic N) is 2. The summed E-state index contributed by atoms with van der Waals surface area (Å²) in [5, 5.41) is 0. The van der Waals surface area contributed by atoms with Gasteiger partial charge in [-0.2, -0.15) is 0 Å². The molecule has 0 unspecified atom stereocenters. The summed E-state index contributed by atoms with van der Waals surface area (Å²) in [5.74, 6) is -0.137. The number of carbonyl (C=O) groups excluding carboxylic acids is 1. The van der Waals surface area contributed by atoms with Crippen LogP contribution in [-0.4, -0.2) is 22.5 Å². The molecule has 0 aliphatic heterocycles. The Hall–Kier alpha value is -1.65. The molecule has 0 fully saturated rings. The molecule has 0 amide bonds. The molecular weight excluding hydrogens is 170 g/mol. The van der Waals surface area contributed by atoms with Gasteiger partial charge in [0.2, 0.25) is 5.95 Å². The second-order valence-electron chi connectivity index (χ2n) is 2.39. The number of aromatic nitrogens is 2. The van der Waals surface area contributed by atoms with Gasteiger partial charge >= 0.3 is 5.97 Å². The Morgan fingerprint density at radius 1 is 1.69 bits per heavy atom. The molecule has 70 valence electrons. The molecular formula is C8H11N3O2. The molecule has 1 rings (SSSR count). The SMILES string of the molecule is CCOC(=O)Cc1ccnc(N)n1. The number of rotatable bonds is 3. The fraction of sp³-hybridized carbons (Fsp3) is 0.375. The maximum Gasteiger partial charge on any atom is 0.311 e. The smallest absolute Gasteiger partial charge is 0.311 e. The van der Waals surface area contributed by atoms with Crippen LogP contribution in [0, 0.1) is 0 Å². The highest BCUT2D eigenvalue weighted by molar-refractivity contribution is 5.71. The molecule has 0 atom stereocenters. The van der Waals surface area contributed by atoms with Gasteiger partial charge < -0.3 is 10.5 Å². The Bertz CT molecular complexity index is 301. The van der Waals surface area contributed by atoms with Gasteiger partial charge in [-0.15, -0.1) is 0 Å². The third-order valence-corrected chi connectivity index (χ3v) is 1.36. The molecule has 0 aromatic carbocycles. The van der Waals surface area contributed by atoms with E-state index >= 15 is 0 Å². The number of esters is 1. The van der Waals surface area contributed by atoms with Crippen molar-refractivity contribution in [1.29, 1.82) is 0 Å². The summed E-state index contributed by atoms with van der Waals surface area (Å²) < 4.78 is 4.75. The Morgan fingerprint density at radius 2 is 2.46 bits per heavy atom. The van der Waals surface area contributed by atoms with Crippen LogP contribution in [-0.2, 0) is 16.0 Å². The van der Waals surface area contributed by atoms with E-state index in [0.717, 1.165) is 0 Å². The summed E-state index contributed by atoms with van der Waals surface area (Å²) in [5.41, 5.74) is 5.91. The maximum atomic E-state index is 11.0. The topological polar surface area (TPSA) is 78.1 Å². The van der Waals surface area contributed by atoms with Crippen molar-refractivity contribution in [2.24, 2.45) is 0 Å². The largest absolute Gasteiger partial charge is 0.466 e. The number of anilines is 1. The average molecular weight is 181 g/mol. The van der Waals surface area contributed by atoms with Crippen LogP contribution < -0.4 is 5.73 Å². The lowest BCUT2D eigenvalue weighted by Crippen LogP contribution is -2.09. The van der Waals surface area contributed by atoms with Crippen molar-refractivity contribution in [2.75, 3.05) is 12.3 Å². The monoisotopic (exact) mass is 181 g/mol. The first kappa shape index (κ1) is 9.44. The van der Waals surface area contributed by atoms with Crippen LogP contribution in [0.5, 0.6) is 0 Å². The molecule has 0 saturated carbocycles. The van der Waals surface area contributed by atoms with E-state index in [9.17, 15) is 4.79 Å². The molecule has 13 heavy (non-hydrogen) atoms. The number of ether oxygens (including phenoxy) is 1. The van der Waals surface area contributed by atoms with E-state index in [4.69, 9.17) is 10.5 Å². The number of nitrogens with two attached hydrogens (primary N) is 1. The van der Waals surface area contributed by atoms with Crippen LogP contribution in [0.4, 0.5) is 5.95 Å². The fourth-order valence-corrected chi connectivity index (χ4v) is 0.871. The van der Waals surface area contributed by atoms with Gasteiger partial charge in [0, 0.05) is 6.20 Å². The van der Waals surface area contributed by atoms with Crippen LogP contribution in [0.25, 0.3) is 0 Å². The zero-order valence-corrected chi connectivity index (χ0v) is 7.36. The van der Waals surface area contributed by atoms with Crippen LogP contribution >= 0.6 is 0 Å². The van der Waals surface area contributed by atoms with Gasteiger partial charge in [0.1, 0.15) is 0 Å². The van der Waals surface area contributed by atoms with E-state index in [1.165, 1.54) is 6.20 Å². The second kappa shape index (κ2) is 4.39. The van der Waals surface area contributed by atoms with Gasteiger partial charge in [0.15, 0.2) is 0 Å². The molecule has 2 N–H and O–H groups in total. The quantitative estimate of drug-likeness (QED) is 0.672.